The summed E-state index contributed by atoms with van der Waals surface area (Å²) in [6.45, 7) is -4.01. The molecule has 3 aliphatic heterocycles. The second-order valence-corrected chi connectivity index (χ2v) is 25.6. The minimum Gasteiger partial charge on any atom is -0.387 e. The number of aliphatic hydroxyl groups excluding tert-OH is 3. The molecule has 0 aromatic carbocycles. The number of hydrogen-bond donors (Lipinski definition) is 13. The minimum atomic E-state index is -6.27. The van der Waals surface area contributed by atoms with Crippen molar-refractivity contribution in [3.8, 4) is 0 Å². The second kappa shape index (κ2) is 22.2. The number of hydrogen-bond acceptors (Lipinski definition) is 30. The number of aryl methyl sites for hydroxylation is 1. The number of rotatable bonds is 22. The number of aliphatic hydroxyl groups is 3. The highest BCUT2D eigenvalue weighted by atomic mass is 32.2. The van der Waals surface area contributed by atoms with Crippen LogP contribution in [0.2, 0.25) is 0 Å². The number of ether oxygens (including phenoxy) is 4. The SMILES string of the molecule is CO[C@@H]1[C@H](OP(=O)(O)OC[C@H]2O[C@@H](n3cnc4c(=O)[nH]c(N)nc43)[C@H](O)[C@@H]2O)[C@@H](COP(=O)(O)OP(=O)(O)OP(=O)(O)OC[C@H]2O[C@H]([n+]3cn(C)c4c(=O)[nH]c(N)nc43)[C@H](O)[C@@H]2CNS(C)(=O)=O)O[C@H]1n1cnc2c(N)ncnc21. The lowest BCUT2D eigenvalue weighted by Gasteiger charge is -2.26. The summed E-state index contributed by atoms with van der Waals surface area (Å²) in [4.78, 5) is 96.4. The zero-order chi connectivity index (χ0) is 58.2. The van der Waals surface area contributed by atoms with Gasteiger partial charge in [0.1, 0.15) is 54.6 Å². The van der Waals surface area contributed by atoms with Crippen LogP contribution in [0.1, 0.15) is 18.7 Å². The zero-order valence-corrected chi connectivity index (χ0v) is 45.3. The molecule has 46 heteroatoms. The highest BCUT2D eigenvalue weighted by molar-refractivity contribution is 7.88. The summed E-state index contributed by atoms with van der Waals surface area (Å²) in [5.41, 5.74) is 15.4. The molecule has 9 heterocycles. The van der Waals surface area contributed by atoms with Gasteiger partial charge < -0.3 is 71.0 Å². The number of nitrogens with zero attached hydrogens (tertiary/aromatic N) is 10. The van der Waals surface area contributed by atoms with Gasteiger partial charge in [-0.05, 0) is 0 Å². The van der Waals surface area contributed by atoms with Gasteiger partial charge in [0.05, 0.1) is 51.9 Å². The number of methoxy groups -OCH3 is 1. The van der Waals surface area contributed by atoms with Gasteiger partial charge in [0.25, 0.3) is 17.1 Å². The van der Waals surface area contributed by atoms with Crippen LogP contribution in [0.3, 0.4) is 0 Å². The van der Waals surface area contributed by atoms with Crippen molar-refractivity contribution in [2.24, 2.45) is 13.0 Å². The quantitative estimate of drug-likeness (QED) is 0.0224. The van der Waals surface area contributed by atoms with Gasteiger partial charge in [-0.15, -0.1) is 0 Å². The Morgan fingerprint density at radius 2 is 1.31 bits per heavy atom. The monoisotopic (exact) mass is 1240 g/mol. The number of anilines is 3. The number of nitrogens with one attached hydrogen (secondary N) is 3. The number of phosphoric acid groups is 4. The summed E-state index contributed by atoms with van der Waals surface area (Å²) in [6.07, 6.45) is -13.1. The molecule has 6 aromatic heterocycles. The van der Waals surface area contributed by atoms with Crippen LogP contribution in [-0.2, 0) is 81.0 Å². The second-order valence-electron chi connectivity index (χ2n) is 17.8. The Balaban J connectivity index is 0.878. The van der Waals surface area contributed by atoms with E-state index in [4.69, 9.17) is 54.2 Å². The summed E-state index contributed by atoms with van der Waals surface area (Å²) < 4.78 is 136. The number of phosphoric ester groups is 3. The molecule has 80 heavy (non-hydrogen) atoms. The van der Waals surface area contributed by atoms with Crippen LogP contribution in [0.25, 0.3) is 33.5 Å². The number of imidazole rings is 3. The van der Waals surface area contributed by atoms with Crippen molar-refractivity contribution < 1.29 is 112 Å². The van der Waals surface area contributed by atoms with E-state index in [9.17, 15) is 71.2 Å². The molecule has 4 unspecified atom stereocenters. The number of aromatic amines is 2. The highest BCUT2D eigenvalue weighted by Crippen LogP contribution is 2.68. The van der Waals surface area contributed by atoms with Crippen molar-refractivity contribution in [2.75, 3.05) is 56.9 Å². The van der Waals surface area contributed by atoms with Crippen LogP contribution in [0.4, 0.5) is 17.7 Å². The molecule has 41 nitrogen and oxygen atoms in total. The lowest BCUT2D eigenvalue weighted by Crippen LogP contribution is -2.46. The standard InChI is InChI=1S/C34H48N16O25P4S/c1-47-11-50(27-18(47)29(55)46-34(37)44-27)30-19(51)12(4-42-80(3,64)65)13(70-30)5-68-77(58,59)74-79(62,63)75-78(60,61)69-7-15-22(23(66-2)32(72-15)48-9-40-16-24(35)38-8-39-25(16)48)73-76(56,57)67-6-14-20(52)21(53)31(71-14)49-10-41-17-26(49)43-33(36)45-28(17)54/h8-15,19-23,30-32,42,51-53H,4-7H2,1-3H3,(H11-,35,36,37,38,39,43,44,45,46,54,55,56,57,58,59,60,61,62,63)/p+1/t12-,13-,14-,15-,19-,20-,21-,22-,23-,30+,31-,32-/m1/s1. The van der Waals surface area contributed by atoms with E-state index in [1.807, 2.05) is 0 Å². The van der Waals surface area contributed by atoms with Crippen LogP contribution >= 0.6 is 31.3 Å². The number of sulfonamides is 1. The van der Waals surface area contributed by atoms with E-state index in [0.717, 1.165) is 41.5 Å². The van der Waals surface area contributed by atoms with E-state index in [1.165, 1.54) is 22.5 Å². The fourth-order valence-electron chi connectivity index (χ4n) is 8.88. The van der Waals surface area contributed by atoms with Gasteiger partial charge in [0.15, 0.2) is 41.4 Å². The summed E-state index contributed by atoms with van der Waals surface area (Å²) in [5, 5.41) is 33.1. The first kappa shape index (κ1) is 59.4. The van der Waals surface area contributed by atoms with Crippen LogP contribution in [0.5, 0.6) is 0 Å². The maximum absolute atomic E-state index is 13.7. The Morgan fingerprint density at radius 1 is 0.725 bits per heavy atom. The average Bonchev–Trinajstić information content (AvgIpc) is 4.42. The summed E-state index contributed by atoms with van der Waals surface area (Å²) >= 11 is 0. The van der Waals surface area contributed by atoms with Crippen LogP contribution < -0.4 is 37.6 Å². The Morgan fingerprint density at radius 3 is 1.98 bits per heavy atom. The minimum absolute atomic E-state index is 0.00637. The van der Waals surface area contributed by atoms with Gasteiger partial charge in [-0.3, -0.25) is 51.4 Å². The number of nitrogens with two attached hydrogens (primary N) is 3. The maximum atomic E-state index is 13.7. The first-order chi connectivity index (χ1) is 37.3. The van der Waals surface area contributed by atoms with Crippen molar-refractivity contribution in [1.29, 1.82) is 0 Å². The van der Waals surface area contributed by atoms with E-state index >= 15 is 0 Å². The number of H-pyrrole nitrogens is 2. The third kappa shape index (κ3) is 12.4. The predicted molar refractivity (Wildman–Crippen MR) is 259 cm³/mol. The van der Waals surface area contributed by atoms with Gasteiger partial charge in [-0.25, -0.2) is 55.9 Å². The van der Waals surface area contributed by atoms with Gasteiger partial charge in [0.2, 0.25) is 27.7 Å². The Bertz CT molecular complexity index is 3770. The molecule has 3 saturated heterocycles. The zero-order valence-electron chi connectivity index (χ0n) is 40.9. The van der Waals surface area contributed by atoms with Crippen molar-refractivity contribution in [3.63, 3.8) is 0 Å². The fourth-order valence-corrected chi connectivity index (χ4v) is 13.9. The normalized spacial score (nSPS) is 29.5. The highest BCUT2D eigenvalue weighted by Gasteiger charge is 2.54. The van der Waals surface area contributed by atoms with E-state index in [1.54, 1.807) is 0 Å². The topological polar surface area (TPSA) is 588 Å². The number of aromatic nitrogens is 12. The van der Waals surface area contributed by atoms with Gasteiger partial charge in [-0.1, -0.05) is 4.98 Å². The first-order valence-electron chi connectivity index (χ1n) is 22.6. The molecular weight excluding hydrogens is 1190 g/mol. The average molecular weight is 1240 g/mol. The molecule has 16 N–H and O–H groups in total. The lowest BCUT2D eigenvalue weighted by atomic mass is 9.98. The molecule has 6 aromatic rings. The van der Waals surface area contributed by atoms with Crippen LogP contribution in [-0.4, -0.2) is 185 Å². The Kier molecular flexibility index (Phi) is 16.5. The first-order valence-corrected chi connectivity index (χ1v) is 30.5. The molecule has 0 saturated carbocycles. The fraction of sp³-hybridized carbons (Fsp3) is 0.559. The van der Waals surface area contributed by atoms with Crippen LogP contribution in [0, 0.1) is 5.92 Å². The molecular formula is C34H49N16O25P4S+. The van der Waals surface area contributed by atoms with Gasteiger partial charge in [-0.2, -0.15) is 13.6 Å². The maximum Gasteiger partial charge on any atom is 0.490 e. The third-order valence-electron chi connectivity index (χ3n) is 12.3. The number of fused-ring (bicyclic) bond motifs is 3. The molecule has 16 atom stereocenters. The summed E-state index contributed by atoms with van der Waals surface area (Å²) in [7, 11) is -25.1. The van der Waals surface area contributed by atoms with Gasteiger partial charge in [0, 0.05) is 19.6 Å². The summed E-state index contributed by atoms with van der Waals surface area (Å²) in [6, 6.07) is 0. The van der Waals surface area contributed by atoms with Crippen LogP contribution in [0.15, 0.2) is 34.9 Å². The van der Waals surface area contributed by atoms with Gasteiger partial charge >= 0.3 is 36.9 Å². The Labute approximate surface area is 444 Å². The molecule has 3 aliphatic rings. The molecule has 9 rings (SSSR count). The molecule has 0 amide bonds. The molecule has 440 valence electrons. The van der Waals surface area contributed by atoms with E-state index in [2.05, 4.69) is 53.2 Å². The van der Waals surface area contributed by atoms with Crippen molar-refractivity contribution >= 4 is 92.5 Å². The molecule has 3 fully saturated rings. The van der Waals surface area contributed by atoms with E-state index < -0.39 is 152 Å². The molecule has 0 aliphatic carbocycles. The Hall–Kier alpha value is -5.20. The predicted octanol–water partition coefficient (Wildman–Crippen LogP) is -4.91. The smallest absolute Gasteiger partial charge is 0.387 e. The summed E-state index contributed by atoms with van der Waals surface area (Å²) in [5.74, 6) is -2.10. The number of nitrogen functional groups attached to an aromatic ring is 3. The molecule has 0 bridgehead atoms. The lowest BCUT2D eigenvalue weighted by molar-refractivity contribution is -0.745. The van der Waals surface area contributed by atoms with E-state index in [-0.39, 0.29) is 51.2 Å². The molecule has 0 spiro atoms. The largest absolute Gasteiger partial charge is 0.490 e. The van der Waals surface area contributed by atoms with E-state index in [0.29, 0.717) is 0 Å². The van der Waals surface area contributed by atoms with Crippen molar-refractivity contribution in [2.45, 2.75) is 67.5 Å². The van der Waals surface area contributed by atoms with Crippen molar-refractivity contribution in [1.82, 2.24) is 58.3 Å². The molecule has 0 radical (unpaired) electrons. The van der Waals surface area contributed by atoms with Crippen molar-refractivity contribution in [3.05, 3.63) is 46.0 Å². The third-order valence-corrected chi connectivity index (χ3v) is 18.3.